The Balaban J connectivity index is 0.976. The van der Waals surface area contributed by atoms with Crippen molar-refractivity contribution < 1.29 is 0 Å². The molecule has 9 aromatic rings. The van der Waals surface area contributed by atoms with E-state index in [1.165, 1.54) is 37.7 Å². The molecule has 5 heteroatoms. The molecule has 7 aromatic carbocycles. The fraction of sp³-hybridized carbons (Fsp3) is 0.130. The summed E-state index contributed by atoms with van der Waals surface area (Å²) in [7, 11) is 0. The van der Waals surface area contributed by atoms with Gasteiger partial charge < -0.3 is 0 Å². The van der Waals surface area contributed by atoms with Crippen LogP contribution < -0.4 is 0 Å². The fourth-order valence-corrected chi connectivity index (χ4v) is 9.56. The minimum Gasteiger partial charge on any atom is -0.228 e. The van der Waals surface area contributed by atoms with Gasteiger partial charge in [0.15, 0.2) is 23.3 Å². The lowest BCUT2D eigenvalue weighted by Gasteiger charge is -2.27. The van der Waals surface area contributed by atoms with Gasteiger partial charge in [-0.3, -0.25) is 0 Å². The van der Waals surface area contributed by atoms with Gasteiger partial charge in [-0.1, -0.05) is 164 Å². The van der Waals surface area contributed by atoms with Crippen LogP contribution in [0.5, 0.6) is 0 Å². The van der Waals surface area contributed by atoms with Crippen molar-refractivity contribution in [3.63, 3.8) is 0 Å². The molecule has 0 amide bonds. The maximum atomic E-state index is 5.18. The zero-order valence-electron chi connectivity index (χ0n) is 32.7. The lowest BCUT2D eigenvalue weighted by atomic mass is 9.77. The van der Waals surface area contributed by atoms with Crippen LogP contribution in [0.15, 0.2) is 182 Å². The van der Waals surface area contributed by atoms with E-state index in [4.69, 9.17) is 24.9 Å². The highest BCUT2D eigenvalue weighted by Gasteiger charge is 2.45. The first-order valence-corrected chi connectivity index (χ1v) is 20.7. The van der Waals surface area contributed by atoms with Gasteiger partial charge in [0.1, 0.15) is 0 Å². The quantitative estimate of drug-likeness (QED) is 0.154. The summed E-state index contributed by atoms with van der Waals surface area (Å²) in [4.78, 5) is 25.4. The molecule has 5 nitrogen and oxygen atoms in total. The summed E-state index contributed by atoms with van der Waals surface area (Å²) in [5.74, 6) is 3.57. The van der Waals surface area contributed by atoms with E-state index in [0.717, 1.165) is 78.4 Å². The number of rotatable bonds is 8. The number of nitrogens with zero attached hydrogens (tertiary/aromatic N) is 5. The Kier molecular flexibility index (Phi) is 8.73. The molecule has 2 aromatic heterocycles. The molecule has 2 aliphatic rings. The predicted molar refractivity (Wildman–Crippen MR) is 239 cm³/mol. The maximum absolute atomic E-state index is 5.18. The van der Waals surface area contributed by atoms with Gasteiger partial charge in [0.2, 0.25) is 0 Å². The van der Waals surface area contributed by atoms with E-state index in [9.17, 15) is 0 Å². The first-order valence-electron chi connectivity index (χ1n) is 20.7. The van der Waals surface area contributed by atoms with Gasteiger partial charge in [-0.2, -0.15) is 0 Å². The van der Waals surface area contributed by atoms with E-state index in [1.807, 2.05) is 66.7 Å². The summed E-state index contributed by atoms with van der Waals surface area (Å²) in [6, 6.07) is 63.6. The standard InChI is InChI=1S/C54H41N5/c1-4-13-39(14-5-1)50-55-48(34-49(56-50)42-19-12-20-43(33-42)54-31-29-36(35-54)30-32-54)38-25-23-37(24-26-38)44-27-28-47(46-22-11-10-21-45(44)46)53-58-51(40-15-6-2-7-16-40)57-52(59-53)41-17-8-3-9-18-41/h1-28,33-34,36H,29-32,35H2. The molecule has 0 radical (unpaired) electrons. The van der Waals surface area contributed by atoms with Crippen molar-refractivity contribution in [1.82, 2.24) is 24.9 Å². The smallest absolute Gasteiger partial charge is 0.164 e. The molecule has 2 fully saturated rings. The van der Waals surface area contributed by atoms with Gasteiger partial charge in [-0.25, -0.2) is 24.9 Å². The van der Waals surface area contributed by atoms with Crippen LogP contribution in [0.4, 0.5) is 0 Å². The van der Waals surface area contributed by atoms with Crippen molar-refractivity contribution in [1.29, 1.82) is 0 Å². The molecule has 2 heterocycles. The van der Waals surface area contributed by atoms with Crippen molar-refractivity contribution in [2.24, 2.45) is 5.92 Å². The minimum atomic E-state index is 0.332. The highest BCUT2D eigenvalue weighted by Crippen LogP contribution is 2.55. The zero-order chi connectivity index (χ0) is 39.2. The Morgan fingerprint density at radius 1 is 0.356 bits per heavy atom. The first kappa shape index (κ1) is 35.1. The van der Waals surface area contributed by atoms with Gasteiger partial charge in [-0.05, 0) is 89.1 Å². The topological polar surface area (TPSA) is 64.5 Å². The van der Waals surface area contributed by atoms with Gasteiger partial charge in [0.25, 0.3) is 0 Å². The Bertz CT molecular complexity index is 2900. The summed E-state index contributed by atoms with van der Waals surface area (Å²) < 4.78 is 0. The van der Waals surface area contributed by atoms with E-state index in [1.54, 1.807) is 0 Å². The van der Waals surface area contributed by atoms with Crippen LogP contribution in [0.1, 0.15) is 37.7 Å². The Morgan fingerprint density at radius 2 is 0.831 bits per heavy atom. The van der Waals surface area contributed by atoms with Crippen LogP contribution in [0, 0.1) is 5.92 Å². The first-order chi connectivity index (χ1) is 29.2. The summed E-state index contributed by atoms with van der Waals surface area (Å²) in [5.41, 5.74) is 12.0. The molecule has 0 unspecified atom stereocenters. The van der Waals surface area contributed by atoms with Crippen molar-refractivity contribution in [2.75, 3.05) is 0 Å². The Labute approximate surface area is 344 Å². The molecule has 11 rings (SSSR count). The second-order valence-electron chi connectivity index (χ2n) is 16.2. The molecule has 2 bridgehead atoms. The summed E-state index contributed by atoms with van der Waals surface area (Å²) in [6.45, 7) is 0. The normalized spacial score (nSPS) is 17.1. The number of fused-ring (bicyclic) bond motifs is 3. The summed E-state index contributed by atoms with van der Waals surface area (Å²) >= 11 is 0. The van der Waals surface area contributed by atoms with Crippen molar-refractivity contribution in [2.45, 2.75) is 37.5 Å². The fourth-order valence-electron chi connectivity index (χ4n) is 9.56. The van der Waals surface area contributed by atoms with Gasteiger partial charge >= 0.3 is 0 Å². The number of aromatic nitrogens is 5. The molecule has 2 aliphatic carbocycles. The lowest BCUT2D eigenvalue weighted by molar-refractivity contribution is 0.419. The molecule has 0 N–H and O–H groups in total. The molecule has 282 valence electrons. The monoisotopic (exact) mass is 759 g/mol. The van der Waals surface area contributed by atoms with Crippen LogP contribution in [0.25, 0.3) is 90.0 Å². The SMILES string of the molecule is c1ccc(-c2nc(-c3ccc(-c4ccc(-c5nc(-c6ccccc6)nc(-c6ccccc6)n5)c5ccccc45)cc3)cc(-c3cccc(C45CCC(CC4)C5)c3)n2)cc1. The highest BCUT2D eigenvalue weighted by atomic mass is 15.0. The van der Waals surface area contributed by atoms with Gasteiger partial charge in [-0.15, -0.1) is 0 Å². The predicted octanol–water partition coefficient (Wildman–Crippen LogP) is 13.3. The van der Waals surface area contributed by atoms with Crippen molar-refractivity contribution >= 4 is 10.8 Å². The largest absolute Gasteiger partial charge is 0.228 e. The summed E-state index contributed by atoms with van der Waals surface area (Å²) in [5, 5.41) is 2.21. The van der Waals surface area contributed by atoms with Crippen molar-refractivity contribution in [3.8, 4) is 79.2 Å². The Hall–Kier alpha value is -7.11. The third-order valence-corrected chi connectivity index (χ3v) is 12.6. The number of hydrogen-bond acceptors (Lipinski definition) is 5. The van der Waals surface area contributed by atoms with Crippen molar-refractivity contribution in [3.05, 3.63) is 188 Å². The van der Waals surface area contributed by atoms with E-state index < -0.39 is 0 Å². The van der Waals surface area contributed by atoms with Crippen LogP contribution >= 0.6 is 0 Å². The van der Waals surface area contributed by atoms with Crippen LogP contribution in [0.2, 0.25) is 0 Å². The molecule has 0 saturated heterocycles. The molecular weight excluding hydrogens is 719 g/mol. The molecule has 0 atom stereocenters. The lowest BCUT2D eigenvalue weighted by Crippen LogP contribution is -2.19. The van der Waals surface area contributed by atoms with Crippen LogP contribution in [0.3, 0.4) is 0 Å². The third-order valence-electron chi connectivity index (χ3n) is 12.6. The molecule has 59 heavy (non-hydrogen) atoms. The molecule has 0 aliphatic heterocycles. The van der Waals surface area contributed by atoms with E-state index >= 15 is 0 Å². The van der Waals surface area contributed by atoms with Crippen LogP contribution in [-0.4, -0.2) is 24.9 Å². The minimum absolute atomic E-state index is 0.332. The second-order valence-corrected chi connectivity index (χ2v) is 16.2. The molecule has 0 spiro atoms. The highest BCUT2D eigenvalue weighted by molar-refractivity contribution is 6.04. The van der Waals surface area contributed by atoms with E-state index in [0.29, 0.717) is 22.9 Å². The van der Waals surface area contributed by atoms with Gasteiger partial charge in [0, 0.05) is 33.4 Å². The zero-order valence-corrected chi connectivity index (χ0v) is 32.7. The average Bonchev–Trinajstić information content (AvgIpc) is 3.95. The molecular formula is C54H41N5. The van der Waals surface area contributed by atoms with Crippen LogP contribution in [-0.2, 0) is 5.41 Å². The van der Waals surface area contributed by atoms with E-state index in [2.05, 4.69) is 115 Å². The second kappa shape index (κ2) is 14.7. The number of benzene rings is 7. The average molecular weight is 760 g/mol. The molecule has 2 saturated carbocycles. The van der Waals surface area contributed by atoms with E-state index in [-0.39, 0.29) is 0 Å². The Morgan fingerprint density at radius 3 is 1.41 bits per heavy atom. The van der Waals surface area contributed by atoms with Gasteiger partial charge in [0.05, 0.1) is 11.4 Å². The maximum Gasteiger partial charge on any atom is 0.164 e. The number of hydrogen-bond donors (Lipinski definition) is 0. The summed E-state index contributed by atoms with van der Waals surface area (Å²) in [6.07, 6.45) is 6.66. The third kappa shape index (κ3) is 6.59.